The number of nitrogens with zero attached hydrogens (tertiary/aromatic N) is 1. The van der Waals surface area contributed by atoms with E-state index in [4.69, 9.17) is 4.74 Å². The predicted octanol–water partition coefficient (Wildman–Crippen LogP) is 2.37. The molecule has 0 bridgehead atoms. The van der Waals surface area contributed by atoms with Gasteiger partial charge in [0.2, 0.25) is 6.41 Å². The van der Waals surface area contributed by atoms with Crippen LogP contribution in [0, 0.1) is 5.82 Å². The second kappa shape index (κ2) is 5.77. The van der Waals surface area contributed by atoms with E-state index in [1.54, 1.807) is 24.4 Å². The van der Waals surface area contributed by atoms with Gasteiger partial charge in [0.15, 0.2) is 11.6 Å². The SMILES string of the molecule is O=CNc1ccc(OCc2ccccn2)c(F)c1. The molecule has 1 heterocycles. The molecule has 0 saturated carbocycles. The maximum absolute atomic E-state index is 13.6. The van der Waals surface area contributed by atoms with Crippen molar-refractivity contribution < 1.29 is 13.9 Å². The second-order valence-corrected chi connectivity index (χ2v) is 3.52. The van der Waals surface area contributed by atoms with E-state index >= 15 is 0 Å². The Morgan fingerprint density at radius 3 is 2.89 bits per heavy atom. The van der Waals surface area contributed by atoms with Crippen molar-refractivity contribution in [3.8, 4) is 5.75 Å². The van der Waals surface area contributed by atoms with Crippen molar-refractivity contribution in [2.24, 2.45) is 0 Å². The highest BCUT2D eigenvalue weighted by molar-refractivity contribution is 5.71. The summed E-state index contributed by atoms with van der Waals surface area (Å²) in [6, 6.07) is 9.64. The number of nitrogens with one attached hydrogen (secondary N) is 1. The number of rotatable bonds is 5. The first kappa shape index (κ1) is 12.0. The molecule has 0 fully saturated rings. The van der Waals surface area contributed by atoms with Crippen LogP contribution in [0.3, 0.4) is 0 Å². The lowest BCUT2D eigenvalue weighted by molar-refractivity contribution is -0.105. The number of carbonyl (C=O) groups excluding carboxylic acids is 1. The molecule has 0 atom stereocenters. The minimum atomic E-state index is -0.530. The predicted molar refractivity (Wildman–Crippen MR) is 64.7 cm³/mol. The van der Waals surface area contributed by atoms with E-state index in [1.165, 1.54) is 12.1 Å². The minimum absolute atomic E-state index is 0.122. The summed E-state index contributed by atoms with van der Waals surface area (Å²) in [7, 11) is 0. The van der Waals surface area contributed by atoms with Crippen LogP contribution in [0.25, 0.3) is 0 Å². The minimum Gasteiger partial charge on any atom is -0.484 e. The Hall–Kier alpha value is -2.43. The van der Waals surface area contributed by atoms with Gasteiger partial charge in [-0.2, -0.15) is 0 Å². The van der Waals surface area contributed by atoms with Gasteiger partial charge in [0, 0.05) is 18.0 Å². The Bertz CT molecular complexity index is 532. The van der Waals surface area contributed by atoms with Crippen LogP contribution < -0.4 is 10.1 Å². The number of amides is 1. The van der Waals surface area contributed by atoms with Crippen molar-refractivity contribution in [3.05, 3.63) is 54.1 Å². The third-order valence-electron chi connectivity index (χ3n) is 2.26. The van der Waals surface area contributed by atoms with Gasteiger partial charge in [-0.25, -0.2) is 4.39 Å². The van der Waals surface area contributed by atoms with Crippen LogP contribution >= 0.6 is 0 Å². The lowest BCUT2D eigenvalue weighted by Crippen LogP contribution is -2.00. The molecule has 0 aliphatic rings. The largest absolute Gasteiger partial charge is 0.484 e. The summed E-state index contributed by atoms with van der Waals surface area (Å²) < 4.78 is 18.9. The zero-order valence-electron chi connectivity index (χ0n) is 9.47. The number of ether oxygens (including phenoxy) is 1. The normalized spacial score (nSPS) is 9.83. The summed E-state index contributed by atoms with van der Waals surface area (Å²) >= 11 is 0. The molecule has 2 rings (SSSR count). The van der Waals surface area contributed by atoms with Crippen molar-refractivity contribution in [1.29, 1.82) is 0 Å². The number of hydrogen-bond donors (Lipinski definition) is 1. The molecule has 1 amide bonds. The Labute approximate surface area is 103 Å². The van der Waals surface area contributed by atoms with Gasteiger partial charge in [-0.3, -0.25) is 9.78 Å². The van der Waals surface area contributed by atoms with Gasteiger partial charge in [0.25, 0.3) is 0 Å². The summed E-state index contributed by atoms with van der Waals surface area (Å²) in [6.07, 6.45) is 2.13. The first-order chi connectivity index (χ1) is 8.79. The molecule has 0 aliphatic carbocycles. The standard InChI is InChI=1S/C13H11FN2O2/c14-12-7-10(16-9-17)4-5-13(12)18-8-11-3-1-2-6-15-11/h1-7,9H,8H2,(H,16,17). The number of halogens is 1. The van der Waals surface area contributed by atoms with E-state index in [-0.39, 0.29) is 12.4 Å². The topological polar surface area (TPSA) is 51.2 Å². The smallest absolute Gasteiger partial charge is 0.211 e. The molecule has 1 aromatic heterocycles. The molecule has 0 saturated heterocycles. The molecule has 4 nitrogen and oxygen atoms in total. The van der Waals surface area contributed by atoms with Crippen LogP contribution in [0.2, 0.25) is 0 Å². The zero-order chi connectivity index (χ0) is 12.8. The fraction of sp³-hybridized carbons (Fsp3) is 0.0769. The third-order valence-corrected chi connectivity index (χ3v) is 2.26. The summed E-state index contributed by atoms with van der Waals surface area (Å²) in [5, 5.41) is 2.36. The fourth-order valence-electron chi connectivity index (χ4n) is 1.41. The Kier molecular flexibility index (Phi) is 3.86. The lowest BCUT2D eigenvalue weighted by Gasteiger charge is -2.07. The lowest BCUT2D eigenvalue weighted by atomic mass is 10.3. The molecular formula is C13H11FN2O2. The summed E-state index contributed by atoms with van der Waals surface area (Å²) in [5.41, 5.74) is 1.10. The van der Waals surface area contributed by atoms with Gasteiger partial charge in [0.1, 0.15) is 6.61 Å². The van der Waals surface area contributed by atoms with E-state index in [0.29, 0.717) is 17.8 Å². The highest BCUT2D eigenvalue weighted by atomic mass is 19.1. The molecule has 92 valence electrons. The first-order valence-corrected chi connectivity index (χ1v) is 5.32. The molecule has 5 heteroatoms. The van der Waals surface area contributed by atoms with Gasteiger partial charge in [0.05, 0.1) is 5.69 Å². The maximum Gasteiger partial charge on any atom is 0.211 e. The third kappa shape index (κ3) is 3.04. The number of aromatic nitrogens is 1. The maximum atomic E-state index is 13.6. The van der Waals surface area contributed by atoms with Crippen LogP contribution in [0.1, 0.15) is 5.69 Å². The molecule has 18 heavy (non-hydrogen) atoms. The van der Waals surface area contributed by atoms with Crippen molar-refractivity contribution in [2.45, 2.75) is 6.61 Å². The van der Waals surface area contributed by atoms with E-state index < -0.39 is 5.82 Å². The Morgan fingerprint density at radius 1 is 1.33 bits per heavy atom. The number of benzene rings is 1. The molecule has 0 aliphatic heterocycles. The average Bonchev–Trinajstić information content (AvgIpc) is 2.39. The zero-order valence-corrected chi connectivity index (χ0v) is 9.47. The molecular weight excluding hydrogens is 235 g/mol. The van der Waals surface area contributed by atoms with Crippen LogP contribution in [-0.2, 0) is 11.4 Å². The number of hydrogen-bond acceptors (Lipinski definition) is 3. The molecule has 1 N–H and O–H groups in total. The molecule has 0 radical (unpaired) electrons. The van der Waals surface area contributed by atoms with E-state index in [2.05, 4.69) is 10.3 Å². The second-order valence-electron chi connectivity index (χ2n) is 3.52. The summed E-state index contributed by atoms with van der Waals surface area (Å²) in [4.78, 5) is 14.3. The molecule has 0 spiro atoms. The highest BCUT2D eigenvalue weighted by Gasteiger charge is 2.05. The van der Waals surface area contributed by atoms with E-state index in [9.17, 15) is 9.18 Å². The quantitative estimate of drug-likeness (QED) is 0.824. The van der Waals surface area contributed by atoms with Crippen LogP contribution in [0.4, 0.5) is 10.1 Å². The fourth-order valence-corrected chi connectivity index (χ4v) is 1.41. The average molecular weight is 246 g/mol. The van der Waals surface area contributed by atoms with Crippen LogP contribution in [0.5, 0.6) is 5.75 Å². The Morgan fingerprint density at radius 2 is 2.22 bits per heavy atom. The summed E-state index contributed by atoms with van der Waals surface area (Å²) in [5.74, 6) is -0.408. The first-order valence-electron chi connectivity index (χ1n) is 5.32. The van der Waals surface area contributed by atoms with Crippen molar-refractivity contribution in [2.75, 3.05) is 5.32 Å². The van der Waals surface area contributed by atoms with Crippen molar-refractivity contribution in [1.82, 2.24) is 4.98 Å². The highest BCUT2D eigenvalue weighted by Crippen LogP contribution is 2.21. The number of carbonyl (C=O) groups is 1. The van der Waals surface area contributed by atoms with Crippen molar-refractivity contribution in [3.63, 3.8) is 0 Å². The monoisotopic (exact) mass is 246 g/mol. The number of anilines is 1. The van der Waals surface area contributed by atoms with Crippen molar-refractivity contribution >= 4 is 12.1 Å². The van der Waals surface area contributed by atoms with Crippen LogP contribution in [-0.4, -0.2) is 11.4 Å². The number of pyridine rings is 1. The molecule has 0 unspecified atom stereocenters. The Balaban J connectivity index is 2.03. The van der Waals surface area contributed by atoms with E-state index in [1.807, 2.05) is 6.07 Å². The van der Waals surface area contributed by atoms with Gasteiger partial charge in [-0.1, -0.05) is 6.07 Å². The summed E-state index contributed by atoms with van der Waals surface area (Å²) in [6.45, 7) is 0.193. The van der Waals surface area contributed by atoms with Crippen LogP contribution in [0.15, 0.2) is 42.6 Å². The molecule has 2 aromatic rings. The van der Waals surface area contributed by atoms with Gasteiger partial charge < -0.3 is 10.1 Å². The van der Waals surface area contributed by atoms with Gasteiger partial charge in [-0.05, 0) is 24.3 Å². The molecule has 1 aromatic carbocycles. The van der Waals surface area contributed by atoms with Gasteiger partial charge in [-0.15, -0.1) is 0 Å². The van der Waals surface area contributed by atoms with E-state index in [0.717, 1.165) is 0 Å². The van der Waals surface area contributed by atoms with Gasteiger partial charge >= 0.3 is 0 Å².